The van der Waals surface area contributed by atoms with Gasteiger partial charge in [-0.3, -0.25) is 0 Å². The Morgan fingerprint density at radius 1 is 0.516 bits per heavy atom. The van der Waals surface area contributed by atoms with Crippen LogP contribution in [0.1, 0.15) is 16.5 Å². The SMILES string of the molecule is O=P(Oc1ccccc1)(Oc1ccccc1)Oc1ccc(C(Cl)c2ccccc2)cc1. The number of rotatable bonds is 8. The first-order valence-electron chi connectivity index (χ1n) is 9.69. The summed E-state index contributed by atoms with van der Waals surface area (Å²) in [5, 5.41) is -0.303. The molecule has 4 aromatic carbocycles. The number of para-hydroxylation sites is 2. The van der Waals surface area contributed by atoms with Crippen LogP contribution in [0.25, 0.3) is 0 Å². The molecule has 0 radical (unpaired) electrons. The fraction of sp³-hybridized carbons (Fsp3) is 0.0400. The zero-order chi connectivity index (χ0) is 21.5. The Morgan fingerprint density at radius 3 is 1.32 bits per heavy atom. The van der Waals surface area contributed by atoms with Crippen LogP contribution in [0.15, 0.2) is 115 Å². The van der Waals surface area contributed by atoms with Crippen LogP contribution in [0.5, 0.6) is 17.2 Å². The summed E-state index contributed by atoms with van der Waals surface area (Å²) in [5.74, 6) is 1.10. The molecule has 31 heavy (non-hydrogen) atoms. The molecule has 0 saturated carbocycles. The van der Waals surface area contributed by atoms with Crippen molar-refractivity contribution in [3.05, 3.63) is 126 Å². The Labute approximate surface area is 186 Å². The maximum atomic E-state index is 13.5. The first-order chi connectivity index (χ1) is 15.1. The highest BCUT2D eigenvalue weighted by Crippen LogP contribution is 2.49. The molecule has 0 fully saturated rings. The Kier molecular flexibility index (Phi) is 6.61. The van der Waals surface area contributed by atoms with Crippen molar-refractivity contribution in [2.45, 2.75) is 5.38 Å². The quantitative estimate of drug-likeness (QED) is 0.204. The summed E-state index contributed by atoms with van der Waals surface area (Å²) in [6.45, 7) is 0. The highest BCUT2D eigenvalue weighted by atomic mass is 35.5. The lowest BCUT2D eigenvalue weighted by atomic mass is 10.0. The molecule has 0 aliphatic carbocycles. The first-order valence-corrected chi connectivity index (χ1v) is 11.6. The van der Waals surface area contributed by atoms with Crippen molar-refractivity contribution in [3.63, 3.8) is 0 Å². The third kappa shape index (κ3) is 5.69. The molecule has 0 aliphatic heterocycles. The molecule has 4 nitrogen and oxygen atoms in total. The molecule has 4 aromatic rings. The average Bonchev–Trinajstić information content (AvgIpc) is 2.81. The minimum absolute atomic E-state index is 0.303. The van der Waals surface area contributed by atoms with Crippen LogP contribution in [-0.4, -0.2) is 0 Å². The number of phosphoric acid groups is 1. The van der Waals surface area contributed by atoms with Gasteiger partial charge in [-0.15, -0.1) is 11.6 Å². The van der Waals surface area contributed by atoms with Crippen molar-refractivity contribution < 1.29 is 18.1 Å². The molecule has 1 atom stereocenters. The van der Waals surface area contributed by atoms with Crippen molar-refractivity contribution in [2.24, 2.45) is 0 Å². The van der Waals surface area contributed by atoms with Gasteiger partial charge in [0.05, 0.1) is 5.38 Å². The predicted molar refractivity (Wildman–Crippen MR) is 123 cm³/mol. The summed E-state index contributed by atoms with van der Waals surface area (Å²) in [7, 11) is -4.01. The van der Waals surface area contributed by atoms with E-state index in [0.717, 1.165) is 11.1 Å². The van der Waals surface area contributed by atoms with E-state index in [1.165, 1.54) is 0 Å². The summed E-state index contributed by atoms with van der Waals surface area (Å²) < 4.78 is 30.5. The van der Waals surface area contributed by atoms with Crippen LogP contribution in [0.3, 0.4) is 0 Å². The van der Waals surface area contributed by atoms with Gasteiger partial charge < -0.3 is 13.6 Å². The third-order valence-electron chi connectivity index (χ3n) is 4.40. The van der Waals surface area contributed by atoms with Gasteiger partial charge >= 0.3 is 7.82 Å². The zero-order valence-electron chi connectivity index (χ0n) is 16.5. The monoisotopic (exact) mass is 450 g/mol. The summed E-state index contributed by atoms with van der Waals surface area (Å²) in [6, 6.07) is 34.4. The van der Waals surface area contributed by atoms with E-state index in [4.69, 9.17) is 25.2 Å². The Bertz CT molecular complexity index is 1090. The fourth-order valence-electron chi connectivity index (χ4n) is 2.92. The Balaban J connectivity index is 1.55. The molecule has 0 amide bonds. The van der Waals surface area contributed by atoms with Gasteiger partial charge in [0.1, 0.15) is 17.2 Å². The molecule has 0 aliphatic rings. The summed E-state index contributed by atoms with van der Waals surface area (Å²) in [5.41, 5.74) is 1.88. The van der Waals surface area contributed by atoms with Gasteiger partial charge in [-0.1, -0.05) is 78.9 Å². The van der Waals surface area contributed by atoms with Crippen molar-refractivity contribution in [3.8, 4) is 17.2 Å². The van der Waals surface area contributed by atoms with Crippen LogP contribution in [0.2, 0.25) is 0 Å². The van der Waals surface area contributed by atoms with E-state index < -0.39 is 7.82 Å². The molecular formula is C25H20ClO4P. The first kappa shape index (κ1) is 21.0. The minimum Gasteiger partial charge on any atom is -0.386 e. The standard InChI is InChI=1S/C25H20ClO4P/c26-25(20-10-4-1-5-11-20)21-16-18-24(19-17-21)30-31(27,28-22-12-6-2-7-13-22)29-23-14-8-3-9-15-23/h1-19,25H. The zero-order valence-corrected chi connectivity index (χ0v) is 18.2. The molecule has 0 N–H and O–H groups in total. The van der Waals surface area contributed by atoms with Gasteiger partial charge in [0.25, 0.3) is 0 Å². The molecule has 0 saturated heterocycles. The van der Waals surface area contributed by atoms with E-state index in [0.29, 0.717) is 17.2 Å². The second kappa shape index (κ2) is 9.74. The average molecular weight is 451 g/mol. The predicted octanol–water partition coefficient (Wildman–Crippen LogP) is 7.66. The van der Waals surface area contributed by atoms with E-state index in [1.54, 1.807) is 60.7 Å². The van der Waals surface area contributed by atoms with Crippen molar-refractivity contribution in [1.82, 2.24) is 0 Å². The normalized spacial score (nSPS) is 12.0. The Morgan fingerprint density at radius 2 is 0.871 bits per heavy atom. The van der Waals surface area contributed by atoms with E-state index >= 15 is 0 Å². The number of halogens is 1. The lowest BCUT2D eigenvalue weighted by Crippen LogP contribution is -2.07. The Hall–Kier alpha value is -3.20. The molecule has 1 unspecified atom stereocenters. The molecule has 0 heterocycles. The van der Waals surface area contributed by atoms with E-state index in [-0.39, 0.29) is 5.38 Å². The van der Waals surface area contributed by atoms with E-state index in [9.17, 15) is 4.57 Å². The number of phosphoric ester groups is 1. The van der Waals surface area contributed by atoms with Crippen molar-refractivity contribution in [1.29, 1.82) is 0 Å². The number of hydrogen-bond donors (Lipinski definition) is 0. The van der Waals surface area contributed by atoms with Crippen LogP contribution < -0.4 is 13.6 Å². The topological polar surface area (TPSA) is 44.8 Å². The number of hydrogen-bond acceptors (Lipinski definition) is 4. The summed E-state index contributed by atoms with van der Waals surface area (Å²) >= 11 is 6.59. The largest absolute Gasteiger partial charge is 0.647 e. The molecular weight excluding hydrogens is 431 g/mol. The van der Waals surface area contributed by atoms with Gasteiger partial charge in [0.2, 0.25) is 0 Å². The van der Waals surface area contributed by atoms with Crippen LogP contribution in [0.4, 0.5) is 0 Å². The number of alkyl halides is 1. The molecule has 0 bridgehead atoms. The second-order valence-electron chi connectivity index (χ2n) is 6.69. The van der Waals surface area contributed by atoms with Gasteiger partial charge in [0, 0.05) is 0 Å². The number of benzene rings is 4. The molecule has 0 spiro atoms. The minimum atomic E-state index is -4.01. The van der Waals surface area contributed by atoms with Gasteiger partial charge in [-0.25, -0.2) is 0 Å². The van der Waals surface area contributed by atoms with E-state index in [2.05, 4.69) is 0 Å². The summed E-state index contributed by atoms with van der Waals surface area (Å²) in [6.07, 6.45) is 0. The lowest BCUT2D eigenvalue weighted by molar-refractivity contribution is 0.298. The molecule has 0 aromatic heterocycles. The van der Waals surface area contributed by atoms with Crippen molar-refractivity contribution in [2.75, 3.05) is 0 Å². The fourth-order valence-corrected chi connectivity index (χ4v) is 4.46. The highest BCUT2D eigenvalue weighted by Gasteiger charge is 2.33. The third-order valence-corrected chi connectivity index (χ3v) is 6.21. The smallest absolute Gasteiger partial charge is 0.386 e. The second-order valence-corrected chi connectivity index (χ2v) is 8.57. The van der Waals surface area contributed by atoms with Gasteiger partial charge in [-0.2, -0.15) is 4.57 Å². The van der Waals surface area contributed by atoms with Crippen LogP contribution in [-0.2, 0) is 4.57 Å². The summed E-state index contributed by atoms with van der Waals surface area (Å²) in [4.78, 5) is 0. The maximum absolute atomic E-state index is 13.5. The lowest BCUT2D eigenvalue weighted by Gasteiger charge is -2.19. The maximum Gasteiger partial charge on any atom is 0.647 e. The molecule has 156 valence electrons. The van der Waals surface area contributed by atoms with Crippen molar-refractivity contribution >= 4 is 19.4 Å². The van der Waals surface area contributed by atoms with Gasteiger partial charge in [0.15, 0.2) is 0 Å². The van der Waals surface area contributed by atoms with Crippen LogP contribution in [0, 0.1) is 0 Å². The van der Waals surface area contributed by atoms with Gasteiger partial charge in [-0.05, 0) is 47.5 Å². The molecule has 6 heteroatoms. The van der Waals surface area contributed by atoms with Crippen LogP contribution >= 0.6 is 19.4 Å². The highest BCUT2D eigenvalue weighted by molar-refractivity contribution is 7.49. The molecule has 4 rings (SSSR count). The van der Waals surface area contributed by atoms with E-state index in [1.807, 2.05) is 54.6 Å².